The number of H-pyrrole nitrogens is 1. The van der Waals surface area contributed by atoms with E-state index in [1.165, 1.54) is 0 Å². The van der Waals surface area contributed by atoms with Crippen LogP contribution in [-0.2, 0) is 0 Å². The normalized spacial score (nSPS) is 12.1. The zero-order chi connectivity index (χ0) is 9.84. The summed E-state index contributed by atoms with van der Waals surface area (Å²) in [6.07, 6.45) is -0.510. The third-order valence-electron chi connectivity index (χ3n) is 1.37. The highest BCUT2D eigenvalue weighted by atomic mass is 32.1. The predicted octanol–water partition coefficient (Wildman–Crippen LogP) is 0.101. The Morgan fingerprint density at radius 3 is 3.08 bits per heavy atom. The first-order chi connectivity index (χ1) is 6.15. The molecule has 0 aliphatic carbocycles. The third kappa shape index (κ3) is 2.31. The van der Waals surface area contributed by atoms with Gasteiger partial charge in [-0.15, -0.1) is 0 Å². The summed E-state index contributed by atoms with van der Waals surface area (Å²) in [7, 11) is 0. The van der Waals surface area contributed by atoms with Gasteiger partial charge in [0, 0.05) is 6.54 Å². The number of rotatable bonds is 3. The Bertz CT molecular complexity index is 374. The van der Waals surface area contributed by atoms with Crippen molar-refractivity contribution >= 4 is 16.5 Å². The van der Waals surface area contributed by atoms with Gasteiger partial charge in [-0.1, -0.05) is 0 Å². The molecule has 0 amide bonds. The molecule has 1 aromatic rings. The molecule has 5 nitrogen and oxygen atoms in total. The van der Waals surface area contributed by atoms with Gasteiger partial charge in [0.05, 0.1) is 6.10 Å². The zero-order valence-corrected chi connectivity index (χ0v) is 7.81. The van der Waals surface area contributed by atoms with Gasteiger partial charge in [-0.2, -0.15) is 5.26 Å². The molecular formula is C7H9N3O2S. The number of aliphatic hydroxyl groups excluding tert-OH is 1. The van der Waals surface area contributed by atoms with Crippen LogP contribution in [-0.4, -0.2) is 22.1 Å². The largest absolute Gasteiger partial charge is 0.392 e. The van der Waals surface area contributed by atoms with Crippen molar-refractivity contribution < 1.29 is 5.11 Å². The first-order valence-electron chi connectivity index (χ1n) is 3.68. The van der Waals surface area contributed by atoms with Crippen LogP contribution in [0, 0.1) is 11.3 Å². The molecule has 1 unspecified atom stereocenters. The van der Waals surface area contributed by atoms with Crippen LogP contribution >= 0.6 is 11.5 Å². The van der Waals surface area contributed by atoms with E-state index in [2.05, 4.69) is 9.69 Å². The maximum atomic E-state index is 10.9. The van der Waals surface area contributed by atoms with Crippen LogP contribution in [0.5, 0.6) is 0 Å². The molecule has 0 saturated heterocycles. The highest BCUT2D eigenvalue weighted by Crippen LogP contribution is 2.14. The van der Waals surface area contributed by atoms with Crippen LogP contribution in [0.3, 0.4) is 0 Å². The summed E-state index contributed by atoms with van der Waals surface area (Å²) in [4.78, 5) is 10.9. The molecule has 0 spiro atoms. The van der Waals surface area contributed by atoms with E-state index in [-0.39, 0.29) is 11.1 Å². The molecule has 0 aromatic carbocycles. The highest BCUT2D eigenvalue weighted by Gasteiger charge is 2.09. The summed E-state index contributed by atoms with van der Waals surface area (Å²) < 4.78 is 2.43. The number of nitrogens with one attached hydrogen (secondary N) is 2. The summed E-state index contributed by atoms with van der Waals surface area (Å²) >= 11 is 1.06. The number of nitriles is 1. The van der Waals surface area contributed by atoms with E-state index in [0.717, 1.165) is 11.5 Å². The number of anilines is 1. The second-order valence-electron chi connectivity index (χ2n) is 2.58. The van der Waals surface area contributed by atoms with Gasteiger partial charge >= 0.3 is 0 Å². The lowest BCUT2D eigenvalue weighted by Gasteiger charge is -2.04. The summed E-state index contributed by atoms with van der Waals surface area (Å²) in [5, 5.41) is 20.8. The molecule has 13 heavy (non-hydrogen) atoms. The molecule has 0 saturated carbocycles. The maximum Gasteiger partial charge on any atom is 0.278 e. The molecule has 0 aliphatic heterocycles. The Balaban J connectivity index is 2.79. The fourth-order valence-electron chi connectivity index (χ4n) is 0.769. The van der Waals surface area contributed by atoms with E-state index in [4.69, 9.17) is 10.4 Å². The van der Waals surface area contributed by atoms with Crippen LogP contribution in [0.25, 0.3) is 0 Å². The first-order valence-corrected chi connectivity index (χ1v) is 4.50. The minimum absolute atomic E-state index is 0.0747. The van der Waals surface area contributed by atoms with E-state index in [1.54, 1.807) is 13.0 Å². The molecule has 1 atom stereocenters. The van der Waals surface area contributed by atoms with Crippen molar-refractivity contribution in [3.8, 4) is 6.07 Å². The second kappa shape index (κ2) is 4.07. The van der Waals surface area contributed by atoms with Crippen molar-refractivity contribution in [2.45, 2.75) is 13.0 Å². The SMILES string of the molecule is CC(O)CNc1s[nH]c(=O)c1C#N. The number of nitrogens with zero attached hydrogens (tertiary/aromatic N) is 1. The monoisotopic (exact) mass is 199 g/mol. The number of aromatic nitrogens is 1. The lowest BCUT2D eigenvalue weighted by Crippen LogP contribution is -2.15. The van der Waals surface area contributed by atoms with Crippen LogP contribution in [0.4, 0.5) is 5.00 Å². The van der Waals surface area contributed by atoms with Gasteiger partial charge < -0.3 is 10.4 Å². The van der Waals surface area contributed by atoms with Gasteiger partial charge in [0.15, 0.2) is 5.56 Å². The molecule has 1 heterocycles. The Hall–Kier alpha value is -1.32. The fourth-order valence-corrected chi connectivity index (χ4v) is 1.46. The molecule has 0 bridgehead atoms. The van der Waals surface area contributed by atoms with E-state index >= 15 is 0 Å². The lowest BCUT2D eigenvalue weighted by atomic mass is 10.3. The summed E-state index contributed by atoms with van der Waals surface area (Å²) in [6.45, 7) is 1.94. The summed E-state index contributed by atoms with van der Waals surface area (Å²) in [5.41, 5.74) is -0.314. The molecular weight excluding hydrogens is 190 g/mol. The van der Waals surface area contributed by atoms with Crippen LogP contribution < -0.4 is 10.9 Å². The maximum absolute atomic E-state index is 10.9. The second-order valence-corrected chi connectivity index (χ2v) is 3.40. The van der Waals surface area contributed by atoms with Gasteiger partial charge in [0.1, 0.15) is 11.1 Å². The Morgan fingerprint density at radius 1 is 1.85 bits per heavy atom. The van der Waals surface area contributed by atoms with Gasteiger partial charge in [-0.3, -0.25) is 9.17 Å². The van der Waals surface area contributed by atoms with Gasteiger partial charge in [0.2, 0.25) is 0 Å². The molecule has 1 aromatic heterocycles. The van der Waals surface area contributed by atoms with Crippen LogP contribution in [0.2, 0.25) is 0 Å². The lowest BCUT2D eigenvalue weighted by molar-refractivity contribution is 0.208. The third-order valence-corrected chi connectivity index (χ3v) is 2.21. The molecule has 3 N–H and O–H groups in total. The van der Waals surface area contributed by atoms with E-state index < -0.39 is 6.10 Å². The van der Waals surface area contributed by atoms with Gasteiger partial charge in [-0.25, -0.2) is 0 Å². The summed E-state index contributed by atoms with van der Waals surface area (Å²) in [5.74, 6) is 0. The summed E-state index contributed by atoms with van der Waals surface area (Å²) in [6, 6.07) is 1.79. The van der Waals surface area contributed by atoms with Gasteiger partial charge in [-0.05, 0) is 18.5 Å². The van der Waals surface area contributed by atoms with E-state index in [1.807, 2.05) is 0 Å². The zero-order valence-electron chi connectivity index (χ0n) is 7.00. The van der Waals surface area contributed by atoms with Crippen LogP contribution in [0.15, 0.2) is 4.79 Å². The number of aliphatic hydroxyl groups is 1. The number of aromatic amines is 1. The number of hydrogen-bond donors (Lipinski definition) is 3. The van der Waals surface area contributed by atoms with Crippen molar-refractivity contribution in [1.82, 2.24) is 4.37 Å². The molecule has 70 valence electrons. The van der Waals surface area contributed by atoms with Crippen LogP contribution in [0.1, 0.15) is 12.5 Å². The Labute approximate surface area is 78.8 Å². The van der Waals surface area contributed by atoms with Crippen molar-refractivity contribution in [1.29, 1.82) is 5.26 Å². The molecule has 6 heteroatoms. The van der Waals surface area contributed by atoms with Crippen molar-refractivity contribution in [3.63, 3.8) is 0 Å². The molecule has 1 rings (SSSR count). The average molecular weight is 199 g/mol. The first kappa shape index (κ1) is 9.77. The molecule has 0 aliphatic rings. The standard InChI is InChI=1S/C7H9N3O2S/c1-4(11)3-9-7-5(2-8)6(12)10-13-7/h4,9,11H,3H2,1H3,(H,10,12). The minimum Gasteiger partial charge on any atom is -0.392 e. The van der Waals surface area contributed by atoms with E-state index in [9.17, 15) is 4.79 Å². The quantitative estimate of drug-likeness (QED) is 0.644. The highest BCUT2D eigenvalue weighted by molar-refractivity contribution is 7.10. The average Bonchev–Trinajstić information content (AvgIpc) is 2.42. The Kier molecular flexibility index (Phi) is 3.06. The smallest absolute Gasteiger partial charge is 0.278 e. The van der Waals surface area contributed by atoms with Crippen molar-refractivity contribution in [3.05, 3.63) is 15.9 Å². The van der Waals surface area contributed by atoms with E-state index in [0.29, 0.717) is 11.5 Å². The van der Waals surface area contributed by atoms with Crippen molar-refractivity contribution in [2.75, 3.05) is 11.9 Å². The number of hydrogen-bond acceptors (Lipinski definition) is 5. The topological polar surface area (TPSA) is 88.9 Å². The van der Waals surface area contributed by atoms with Crippen molar-refractivity contribution in [2.24, 2.45) is 0 Å². The predicted molar refractivity (Wildman–Crippen MR) is 49.8 cm³/mol. The molecule has 0 fully saturated rings. The molecule has 0 radical (unpaired) electrons. The van der Waals surface area contributed by atoms with Gasteiger partial charge in [0.25, 0.3) is 5.56 Å². The Morgan fingerprint density at radius 2 is 2.54 bits per heavy atom. The fraction of sp³-hybridized carbons (Fsp3) is 0.429. The minimum atomic E-state index is -0.510.